The summed E-state index contributed by atoms with van der Waals surface area (Å²) in [5, 5.41) is 24.8. The Morgan fingerprint density at radius 3 is 2.57 bits per heavy atom. The third-order valence-electron chi connectivity index (χ3n) is 4.99. The van der Waals surface area contributed by atoms with Crippen molar-refractivity contribution >= 4 is 5.69 Å². The van der Waals surface area contributed by atoms with Crippen molar-refractivity contribution in [1.29, 1.82) is 0 Å². The summed E-state index contributed by atoms with van der Waals surface area (Å²) in [6.07, 6.45) is 4.26. The summed E-state index contributed by atoms with van der Waals surface area (Å²) in [5.41, 5.74) is -0.177. The number of benzene rings is 1. The van der Waals surface area contributed by atoms with Gasteiger partial charge in [-0.25, -0.2) is 4.39 Å². The van der Waals surface area contributed by atoms with E-state index in [0.717, 1.165) is 57.9 Å². The minimum atomic E-state index is -0.717. The maximum absolute atomic E-state index is 13.9. The molecule has 0 spiro atoms. The number of aromatic hydroxyl groups is 1. The Hall–Kier alpha value is -1.73. The Balaban J connectivity index is 2.03. The smallest absolute Gasteiger partial charge is 0.313 e. The Bertz CT molecular complexity index is 584. The number of piperazine rings is 1. The summed E-state index contributed by atoms with van der Waals surface area (Å²) in [6.45, 7) is 3.26. The number of nitrogens with one attached hydrogen (secondary N) is 1. The van der Waals surface area contributed by atoms with Crippen molar-refractivity contribution in [2.24, 2.45) is 5.92 Å². The summed E-state index contributed by atoms with van der Waals surface area (Å²) in [4.78, 5) is 12.6. The molecule has 1 aromatic rings. The maximum Gasteiger partial charge on any atom is 0.313 e. The van der Waals surface area contributed by atoms with E-state index in [1.165, 1.54) is 6.07 Å². The van der Waals surface area contributed by atoms with Crippen LogP contribution in [0.4, 0.5) is 10.1 Å². The zero-order valence-electron chi connectivity index (χ0n) is 13.0. The molecule has 2 aliphatic rings. The van der Waals surface area contributed by atoms with Gasteiger partial charge in [0.1, 0.15) is 5.82 Å². The zero-order valence-corrected chi connectivity index (χ0v) is 13.0. The summed E-state index contributed by atoms with van der Waals surface area (Å²) < 4.78 is 13.9. The SMILES string of the molecule is O=[N+]([O-])c1cc(F)cc([C@H](C2CCCC2)N2CCNCC2)c1O. The molecule has 126 valence electrons. The highest BCUT2D eigenvalue weighted by Crippen LogP contribution is 2.45. The number of nitro benzene ring substituents is 1. The second-order valence-electron chi connectivity index (χ2n) is 6.40. The van der Waals surface area contributed by atoms with Gasteiger partial charge in [0.05, 0.1) is 11.0 Å². The molecule has 3 rings (SSSR count). The Kier molecular flexibility index (Phi) is 4.77. The van der Waals surface area contributed by atoms with Gasteiger partial charge in [-0.3, -0.25) is 15.0 Å². The third-order valence-corrected chi connectivity index (χ3v) is 4.99. The second kappa shape index (κ2) is 6.80. The lowest BCUT2D eigenvalue weighted by Gasteiger charge is -2.38. The molecule has 6 nitrogen and oxygen atoms in total. The minimum absolute atomic E-state index is 0.158. The van der Waals surface area contributed by atoms with Gasteiger partial charge >= 0.3 is 5.69 Å². The summed E-state index contributed by atoms with van der Waals surface area (Å²) in [7, 11) is 0. The van der Waals surface area contributed by atoms with Crippen LogP contribution in [0.3, 0.4) is 0 Å². The lowest BCUT2D eigenvalue weighted by molar-refractivity contribution is -0.386. The van der Waals surface area contributed by atoms with Gasteiger partial charge in [-0.15, -0.1) is 0 Å². The molecule has 2 fully saturated rings. The summed E-state index contributed by atoms with van der Waals surface area (Å²) >= 11 is 0. The molecule has 1 atom stereocenters. The van der Waals surface area contributed by atoms with Gasteiger partial charge in [-0.2, -0.15) is 0 Å². The van der Waals surface area contributed by atoms with Crippen molar-refractivity contribution in [3.8, 4) is 5.75 Å². The second-order valence-corrected chi connectivity index (χ2v) is 6.40. The average molecular weight is 323 g/mol. The van der Waals surface area contributed by atoms with E-state index in [9.17, 15) is 19.6 Å². The van der Waals surface area contributed by atoms with Crippen LogP contribution in [-0.4, -0.2) is 41.1 Å². The van der Waals surface area contributed by atoms with Crippen molar-refractivity contribution in [3.05, 3.63) is 33.6 Å². The number of hydrogen-bond donors (Lipinski definition) is 2. The normalized spacial score (nSPS) is 21.4. The molecule has 7 heteroatoms. The van der Waals surface area contributed by atoms with Crippen LogP contribution in [0.5, 0.6) is 5.75 Å². The molecular formula is C16H22FN3O3. The highest BCUT2D eigenvalue weighted by atomic mass is 19.1. The van der Waals surface area contributed by atoms with Gasteiger partial charge in [0.15, 0.2) is 5.75 Å². The monoisotopic (exact) mass is 323 g/mol. The van der Waals surface area contributed by atoms with E-state index in [2.05, 4.69) is 10.2 Å². The van der Waals surface area contributed by atoms with E-state index in [-0.39, 0.29) is 11.8 Å². The predicted molar refractivity (Wildman–Crippen MR) is 83.9 cm³/mol. The largest absolute Gasteiger partial charge is 0.502 e. The predicted octanol–water partition coefficient (Wildman–Crippen LogP) is 2.58. The number of nitrogens with zero attached hydrogens (tertiary/aromatic N) is 2. The molecule has 2 N–H and O–H groups in total. The van der Waals surface area contributed by atoms with Gasteiger partial charge in [0, 0.05) is 37.8 Å². The highest BCUT2D eigenvalue weighted by Gasteiger charge is 2.35. The topological polar surface area (TPSA) is 78.6 Å². The molecule has 1 aliphatic carbocycles. The van der Waals surface area contributed by atoms with Gasteiger partial charge in [0.2, 0.25) is 0 Å². The molecule has 0 aromatic heterocycles. The highest BCUT2D eigenvalue weighted by molar-refractivity contribution is 5.52. The lowest BCUT2D eigenvalue weighted by Crippen LogP contribution is -2.46. The first-order chi connectivity index (χ1) is 11.1. The van der Waals surface area contributed by atoms with Crippen LogP contribution in [0.1, 0.15) is 37.3 Å². The quantitative estimate of drug-likeness (QED) is 0.658. The van der Waals surface area contributed by atoms with E-state index < -0.39 is 16.4 Å². The van der Waals surface area contributed by atoms with Crippen LogP contribution in [0.15, 0.2) is 12.1 Å². The minimum Gasteiger partial charge on any atom is -0.502 e. The molecule has 1 heterocycles. The zero-order chi connectivity index (χ0) is 16.4. The average Bonchev–Trinajstić information content (AvgIpc) is 3.05. The van der Waals surface area contributed by atoms with Crippen molar-refractivity contribution in [1.82, 2.24) is 10.2 Å². The summed E-state index contributed by atoms with van der Waals surface area (Å²) in [5.74, 6) is -0.741. The van der Waals surface area contributed by atoms with E-state index in [1.54, 1.807) is 0 Å². The van der Waals surface area contributed by atoms with Crippen LogP contribution in [0.2, 0.25) is 0 Å². The standard InChI is InChI=1S/C16H22FN3O3/c17-12-9-13(16(21)14(10-12)20(22)23)15(11-3-1-2-4-11)19-7-5-18-6-8-19/h9-11,15,18,21H,1-8H2/t15-/m0/s1. The maximum atomic E-state index is 13.9. The number of hydrogen-bond acceptors (Lipinski definition) is 5. The third kappa shape index (κ3) is 3.30. The molecule has 0 amide bonds. The molecule has 0 bridgehead atoms. The van der Waals surface area contributed by atoms with Crippen molar-refractivity contribution in [3.63, 3.8) is 0 Å². The first-order valence-electron chi connectivity index (χ1n) is 8.19. The molecule has 1 saturated carbocycles. The molecule has 1 aromatic carbocycles. The number of phenolic OH excluding ortho intramolecular Hbond substituents is 1. The van der Waals surface area contributed by atoms with Gasteiger partial charge in [-0.05, 0) is 24.8 Å². The molecule has 0 unspecified atom stereocenters. The van der Waals surface area contributed by atoms with E-state index in [4.69, 9.17) is 0 Å². The Morgan fingerprint density at radius 1 is 1.30 bits per heavy atom. The number of phenols is 1. The first-order valence-corrected chi connectivity index (χ1v) is 8.19. The van der Waals surface area contributed by atoms with E-state index in [0.29, 0.717) is 11.5 Å². The van der Waals surface area contributed by atoms with Crippen LogP contribution in [0.25, 0.3) is 0 Å². The van der Waals surface area contributed by atoms with Crippen LogP contribution in [0, 0.1) is 21.8 Å². The Morgan fingerprint density at radius 2 is 1.96 bits per heavy atom. The fraction of sp³-hybridized carbons (Fsp3) is 0.625. The first kappa shape index (κ1) is 16.1. The van der Waals surface area contributed by atoms with E-state index >= 15 is 0 Å². The van der Waals surface area contributed by atoms with Crippen LogP contribution < -0.4 is 5.32 Å². The van der Waals surface area contributed by atoms with Crippen LogP contribution in [-0.2, 0) is 0 Å². The number of halogens is 1. The van der Waals surface area contributed by atoms with E-state index in [1.807, 2.05) is 0 Å². The van der Waals surface area contributed by atoms with Crippen molar-refractivity contribution < 1.29 is 14.4 Å². The van der Waals surface area contributed by atoms with Gasteiger partial charge in [-0.1, -0.05) is 12.8 Å². The number of nitro groups is 1. The fourth-order valence-corrected chi connectivity index (χ4v) is 3.95. The van der Waals surface area contributed by atoms with Crippen molar-refractivity contribution in [2.45, 2.75) is 31.7 Å². The lowest BCUT2D eigenvalue weighted by atomic mass is 9.88. The molecule has 1 aliphatic heterocycles. The molecular weight excluding hydrogens is 301 g/mol. The van der Waals surface area contributed by atoms with Crippen LogP contribution >= 0.6 is 0 Å². The molecule has 0 radical (unpaired) electrons. The van der Waals surface area contributed by atoms with Gasteiger partial charge < -0.3 is 10.4 Å². The number of rotatable bonds is 4. The molecule has 1 saturated heterocycles. The summed E-state index contributed by atoms with van der Waals surface area (Å²) in [6, 6.07) is 1.91. The Labute approximate surface area is 134 Å². The van der Waals surface area contributed by atoms with Crippen molar-refractivity contribution in [2.75, 3.05) is 26.2 Å². The molecule has 23 heavy (non-hydrogen) atoms. The van der Waals surface area contributed by atoms with Gasteiger partial charge in [0.25, 0.3) is 0 Å². The fourth-order valence-electron chi connectivity index (χ4n) is 3.95.